The van der Waals surface area contributed by atoms with Gasteiger partial charge in [0.25, 0.3) is 0 Å². The number of piperazine rings is 1. The second kappa shape index (κ2) is 4.07. The van der Waals surface area contributed by atoms with Gasteiger partial charge in [-0.05, 0) is 26.8 Å². The quantitative estimate of drug-likeness (QED) is 0.643. The van der Waals surface area contributed by atoms with Gasteiger partial charge >= 0.3 is 0 Å². The van der Waals surface area contributed by atoms with Crippen LogP contribution in [0.4, 0.5) is 0 Å². The van der Waals surface area contributed by atoms with E-state index in [0.29, 0.717) is 12.1 Å². The van der Waals surface area contributed by atoms with E-state index in [-0.39, 0.29) is 0 Å². The Morgan fingerprint density at radius 3 is 2.82 bits per heavy atom. The second-order valence-electron chi connectivity index (χ2n) is 3.52. The van der Waals surface area contributed by atoms with Gasteiger partial charge in [0.15, 0.2) is 0 Å². The van der Waals surface area contributed by atoms with E-state index in [1.807, 2.05) is 0 Å². The fourth-order valence-electron chi connectivity index (χ4n) is 1.73. The van der Waals surface area contributed by atoms with Gasteiger partial charge in [0, 0.05) is 25.2 Å². The first kappa shape index (κ1) is 9.01. The van der Waals surface area contributed by atoms with Crippen LogP contribution in [0.25, 0.3) is 0 Å². The predicted octanol–water partition coefficient (Wildman–Crippen LogP) is 1.08. The summed E-state index contributed by atoms with van der Waals surface area (Å²) >= 11 is 0. The molecule has 1 rings (SSSR count). The molecule has 0 unspecified atom stereocenters. The van der Waals surface area contributed by atoms with Gasteiger partial charge in [-0.2, -0.15) is 0 Å². The molecule has 0 amide bonds. The number of rotatable bonds is 2. The minimum absolute atomic E-state index is 0.662. The number of nitrogens with zero attached hydrogens (tertiary/aromatic N) is 1. The van der Waals surface area contributed by atoms with Gasteiger partial charge in [0.1, 0.15) is 0 Å². The average molecular weight is 156 g/mol. The van der Waals surface area contributed by atoms with Crippen LogP contribution in [0.2, 0.25) is 0 Å². The van der Waals surface area contributed by atoms with Crippen molar-refractivity contribution in [2.45, 2.75) is 39.3 Å². The molecule has 2 nitrogen and oxygen atoms in total. The maximum atomic E-state index is 3.48. The zero-order chi connectivity index (χ0) is 8.27. The molecule has 2 atom stereocenters. The fraction of sp³-hybridized carbons (Fsp3) is 1.00. The van der Waals surface area contributed by atoms with E-state index in [1.54, 1.807) is 0 Å². The van der Waals surface area contributed by atoms with Crippen molar-refractivity contribution in [3.8, 4) is 0 Å². The zero-order valence-electron chi connectivity index (χ0n) is 7.93. The van der Waals surface area contributed by atoms with Gasteiger partial charge in [0.05, 0.1) is 0 Å². The standard InChI is InChI=1S/C9H20N2/c1-4-6-11-7-5-10-8(2)9(11)3/h8-10H,4-7H2,1-3H3/t8-,9+/m0/s1. The van der Waals surface area contributed by atoms with Crippen LogP contribution >= 0.6 is 0 Å². The maximum Gasteiger partial charge on any atom is 0.0218 e. The molecule has 11 heavy (non-hydrogen) atoms. The first-order valence-electron chi connectivity index (χ1n) is 4.73. The lowest BCUT2D eigenvalue weighted by Gasteiger charge is -2.38. The monoisotopic (exact) mass is 156 g/mol. The molecule has 1 fully saturated rings. The maximum absolute atomic E-state index is 3.48. The molecule has 0 bridgehead atoms. The van der Waals surface area contributed by atoms with Crippen LogP contribution < -0.4 is 5.32 Å². The molecule has 1 N–H and O–H groups in total. The summed E-state index contributed by atoms with van der Waals surface area (Å²) in [4.78, 5) is 2.57. The van der Waals surface area contributed by atoms with Gasteiger partial charge in [-0.15, -0.1) is 0 Å². The van der Waals surface area contributed by atoms with E-state index in [9.17, 15) is 0 Å². The minimum atomic E-state index is 0.662. The van der Waals surface area contributed by atoms with E-state index in [4.69, 9.17) is 0 Å². The third-order valence-corrected chi connectivity index (χ3v) is 2.68. The van der Waals surface area contributed by atoms with Crippen molar-refractivity contribution in [1.82, 2.24) is 10.2 Å². The Bertz CT molecular complexity index is 112. The summed E-state index contributed by atoms with van der Waals surface area (Å²) in [6.45, 7) is 10.5. The molecule has 0 aromatic heterocycles. The van der Waals surface area contributed by atoms with Gasteiger partial charge < -0.3 is 5.32 Å². The van der Waals surface area contributed by atoms with E-state index >= 15 is 0 Å². The molecular weight excluding hydrogens is 136 g/mol. The largest absolute Gasteiger partial charge is 0.311 e. The highest BCUT2D eigenvalue weighted by Crippen LogP contribution is 2.08. The van der Waals surface area contributed by atoms with E-state index < -0.39 is 0 Å². The number of hydrogen-bond donors (Lipinski definition) is 1. The van der Waals surface area contributed by atoms with Crippen molar-refractivity contribution in [2.75, 3.05) is 19.6 Å². The lowest BCUT2D eigenvalue weighted by atomic mass is 10.1. The molecule has 1 saturated heterocycles. The second-order valence-corrected chi connectivity index (χ2v) is 3.52. The molecule has 66 valence electrons. The summed E-state index contributed by atoms with van der Waals surface area (Å²) < 4.78 is 0. The Labute approximate surface area is 70.0 Å². The van der Waals surface area contributed by atoms with E-state index in [2.05, 4.69) is 31.0 Å². The van der Waals surface area contributed by atoms with E-state index in [0.717, 1.165) is 6.54 Å². The third kappa shape index (κ3) is 2.17. The molecule has 0 spiro atoms. The molecule has 0 aromatic rings. The van der Waals surface area contributed by atoms with Crippen LogP contribution in [-0.2, 0) is 0 Å². The summed E-state index contributed by atoms with van der Waals surface area (Å²) in [6.07, 6.45) is 1.27. The molecule has 1 aliphatic rings. The molecule has 2 heteroatoms. The normalized spacial score (nSPS) is 34.1. The Kier molecular flexibility index (Phi) is 3.34. The molecule has 0 radical (unpaired) electrons. The summed E-state index contributed by atoms with van der Waals surface area (Å²) in [5, 5.41) is 3.48. The van der Waals surface area contributed by atoms with Crippen molar-refractivity contribution < 1.29 is 0 Å². The molecule has 1 heterocycles. The Hall–Kier alpha value is -0.0800. The smallest absolute Gasteiger partial charge is 0.0218 e. The van der Waals surface area contributed by atoms with Crippen LogP contribution in [0.1, 0.15) is 27.2 Å². The highest BCUT2D eigenvalue weighted by atomic mass is 15.2. The first-order valence-corrected chi connectivity index (χ1v) is 4.73. The van der Waals surface area contributed by atoms with Gasteiger partial charge in [-0.25, -0.2) is 0 Å². The van der Waals surface area contributed by atoms with Crippen molar-refractivity contribution in [1.29, 1.82) is 0 Å². The molecule has 1 aliphatic heterocycles. The van der Waals surface area contributed by atoms with Gasteiger partial charge in [-0.1, -0.05) is 6.92 Å². The van der Waals surface area contributed by atoms with E-state index in [1.165, 1.54) is 19.5 Å². The van der Waals surface area contributed by atoms with Gasteiger partial charge in [0.2, 0.25) is 0 Å². The van der Waals surface area contributed by atoms with Crippen LogP contribution in [-0.4, -0.2) is 36.6 Å². The third-order valence-electron chi connectivity index (χ3n) is 2.68. The Morgan fingerprint density at radius 1 is 1.45 bits per heavy atom. The fourth-order valence-corrected chi connectivity index (χ4v) is 1.73. The van der Waals surface area contributed by atoms with Crippen molar-refractivity contribution in [3.63, 3.8) is 0 Å². The van der Waals surface area contributed by atoms with Crippen LogP contribution in [0.15, 0.2) is 0 Å². The lowest BCUT2D eigenvalue weighted by Crippen LogP contribution is -2.55. The number of nitrogens with one attached hydrogen (secondary N) is 1. The van der Waals surface area contributed by atoms with Crippen molar-refractivity contribution in [3.05, 3.63) is 0 Å². The van der Waals surface area contributed by atoms with Crippen molar-refractivity contribution >= 4 is 0 Å². The van der Waals surface area contributed by atoms with Crippen LogP contribution in [0.5, 0.6) is 0 Å². The van der Waals surface area contributed by atoms with Crippen LogP contribution in [0.3, 0.4) is 0 Å². The SMILES string of the molecule is CCCN1CCN[C@@H](C)[C@H]1C. The Balaban J connectivity index is 2.38. The molecular formula is C9H20N2. The van der Waals surface area contributed by atoms with Crippen LogP contribution in [0, 0.1) is 0 Å². The summed E-state index contributed by atoms with van der Waals surface area (Å²) in [6, 6.07) is 1.37. The summed E-state index contributed by atoms with van der Waals surface area (Å²) in [5.41, 5.74) is 0. The topological polar surface area (TPSA) is 15.3 Å². The molecule has 0 aromatic carbocycles. The Morgan fingerprint density at radius 2 is 2.18 bits per heavy atom. The lowest BCUT2D eigenvalue weighted by molar-refractivity contribution is 0.139. The van der Waals surface area contributed by atoms with Crippen molar-refractivity contribution in [2.24, 2.45) is 0 Å². The number of hydrogen-bond acceptors (Lipinski definition) is 2. The predicted molar refractivity (Wildman–Crippen MR) is 48.8 cm³/mol. The van der Waals surface area contributed by atoms with Gasteiger partial charge in [-0.3, -0.25) is 4.90 Å². The highest BCUT2D eigenvalue weighted by Gasteiger charge is 2.22. The zero-order valence-corrected chi connectivity index (χ0v) is 7.93. The molecule has 0 saturated carbocycles. The average Bonchev–Trinajstić information content (AvgIpc) is 1.99. The first-order chi connectivity index (χ1) is 5.25. The minimum Gasteiger partial charge on any atom is -0.311 e. The highest BCUT2D eigenvalue weighted by molar-refractivity contribution is 4.82. The summed E-state index contributed by atoms with van der Waals surface area (Å²) in [5.74, 6) is 0. The summed E-state index contributed by atoms with van der Waals surface area (Å²) in [7, 11) is 0. The molecule has 0 aliphatic carbocycles.